The molecule has 1 aromatic heterocycles. The van der Waals surface area contributed by atoms with E-state index >= 15 is 0 Å². The number of sulfonamides is 1. The van der Waals surface area contributed by atoms with Crippen LogP contribution in [-0.2, 0) is 16.4 Å². The van der Waals surface area contributed by atoms with Crippen molar-refractivity contribution in [2.45, 2.75) is 11.3 Å². The van der Waals surface area contributed by atoms with Crippen LogP contribution in [0.4, 0.5) is 4.39 Å². The molecule has 2 N–H and O–H groups in total. The van der Waals surface area contributed by atoms with Crippen LogP contribution in [0.2, 0.25) is 0 Å². The predicted molar refractivity (Wildman–Crippen MR) is 71.2 cm³/mol. The number of ether oxygens (including phenoxy) is 1. The van der Waals surface area contributed by atoms with Gasteiger partial charge in [-0.3, -0.25) is 4.98 Å². The van der Waals surface area contributed by atoms with Crippen molar-refractivity contribution in [3.05, 3.63) is 54.1 Å². The molecular formula is C13H13FN2O3S. The van der Waals surface area contributed by atoms with E-state index in [1.165, 1.54) is 12.1 Å². The van der Waals surface area contributed by atoms with Crippen LogP contribution in [0.15, 0.2) is 47.6 Å². The number of hydrogen-bond acceptors (Lipinski definition) is 4. The van der Waals surface area contributed by atoms with E-state index in [-0.39, 0.29) is 17.3 Å². The Morgan fingerprint density at radius 1 is 1.20 bits per heavy atom. The first-order chi connectivity index (χ1) is 9.47. The molecule has 0 unspecified atom stereocenters. The van der Waals surface area contributed by atoms with Crippen LogP contribution in [0.25, 0.3) is 0 Å². The second-order valence-electron chi connectivity index (χ2n) is 4.09. The van der Waals surface area contributed by atoms with Gasteiger partial charge in [-0.1, -0.05) is 0 Å². The van der Waals surface area contributed by atoms with E-state index in [4.69, 9.17) is 9.88 Å². The highest BCUT2D eigenvalue weighted by Gasteiger charge is 2.12. The first kappa shape index (κ1) is 14.4. The molecule has 5 nitrogen and oxygen atoms in total. The maximum Gasteiger partial charge on any atom is 0.238 e. The Labute approximate surface area is 116 Å². The van der Waals surface area contributed by atoms with E-state index < -0.39 is 15.8 Å². The van der Waals surface area contributed by atoms with E-state index in [0.29, 0.717) is 6.42 Å². The third-order valence-corrected chi connectivity index (χ3v) is 3.54. The molecule has 0 aliphatic rings. The molecule has 20 heavy (non-hydrogen) atoms. The third-order valence-electron chi connectivity index (χ3n) is 2.63. The van der Waals surface area contributed by atoms with E-state index in [2.05, 4.69) is 4.98 Å². The lowest BCUT2D eigenvalue weighted by Crippen LogP contribution is -2.12. The van der Waals surface area contributed by atoms with Crippen molar-refractivity contribution in [2.24, 2.45) is 5.14 Å². The van der Waals surface area contributed by atoms with Gasteiger partial charge in [-0.05, 0) is 35.9 Å². The van der Waals surface area contributed by atoms with Gasteiger partial charge in [0.15, 0.2) is 11.6 Å². The van der Waals surface area contributed by atoms with Gasteiger partial charge in [0.2, 0.25) is 10.0 Å². The minimum absolute atomic E-state index is 0.00791. The van der Waals surface area contributed by atoms with Gasteiger partial charge in [0.05, 0.1) is 11.5 Å². The SMILES string of the molecule is NS(=O)(=O)c1ccc(OCCc2ccncc2)c(F)c1. The second kappa shape index (κ2) is 5.98. The summed E-state index contributed by atoms with van der Waals surface area (Å²) >= 11 is 0. The standard InChI is InChI=1S/C13H13FN2O3S/c14-12-9-11(20(15,17)18)1-2-13(12)19-8-5-10-3-6-16-7-4-10/h1-4,6-7,9H,5,8H2,(H2,15,17,18). The summed E-state index contributed by atoms with van der Waals surface area (Å²) in [6.07, 6.45) is 3.92. The number of nitrogens with zero attached hydrogens (tertiary/aromatic N) is 1. The molecule has 106 valence electrons. The highest BCUT2D eigenvalue weighted by atomic mass is 32.2. The molecule has 0 saturated heterocycles. The predicted octanol–water partition coefficient (Wildman–Crippen LogP) is 1.49. The van der Waals surface area contributed by atoms with E-state index in [1.54, 1.807) is 12.4 Å². The molecule has 2 aromatic rings. The molecule has 0 bridgehead atoms. The number of aromatic nitrogens is 1. The molecular weight excluding hydrogens is 283 g/mol. The fraction of sp³-hybridized carbons (Fsp3) is 0.154. The highest BCUT2D eigenvalue weighted by Crippen LogP contribution is 2.20. The second-order valence-corrected chi connectivity index (χ2v) is 5.65. The Kier molecular flexibility index (Phi) is 4.31. The number of hydrogen-bond donors (Lipinski definition) is 1. The molecule has 0 saturated carbocycles. The topological polar surface area (TPSA) is 82.3 Å². The zero-order valence-corrected chi connectivity index (χ0v) is 11.3. The highest BCUT2D eigenvalue weighted by molar-refractivity contribution is 7.89. The largest absolute Gasteiger partial charge is 0.490 e. The smallest absolute Gasteiger partial charge is 0.238 e. The van der Waals surface area contributed by atoms with Gasteiger partial charge < -0.3 is 4.74 Å². The zero-order valence-electron chi connectivity index (χ0n) is 10.5. The van der Waals surface area contributed by atoms with Crippen LogP contribution in [0.5, 0.6) is 5.75 Å². The van der Waals surface area contributed by atoms with Gasteiger partial charge in [0, 0.05) is 18.8 Å². The van der Waals surface area contributed by atoms with Crippen LogP contribution >= 0.6 is 0 Å². The van der Waals surface area contributed by atoms with Gasteiger partial charge in [0.1, 0.15) is 0 Å². The van der Waals surface area contributed by atoms with Crippen LogP contribution in [0.1, 0.15) is 5.56 Å². The molecule has 0 radical (unpaired) electrons. The van der Waals surface area contributed by atoms with Crippen molar-refractivity contribution >= 4 is 10.0 Å². The van der Waals surface area contributed by atoms with Crippen molar-refractivity contribution in [2.75, 3.05) is 6.61 Å². The summed E-state index contributed by atoms with van der Waals surface area (Å²) in [6.45, 7) is 0.273. The number of rotatable bonds is 5. The van der Waals surface area contributed by atoms with Gasteiger partial charge in [-0.25, -0.2) is 17.9 Å². The van der Waals surface area contributed by atoms with Crippen molar-refractivity contribution in [1.29, 1.82) is 0 Å². The minimum atomic E-state index is -3.91. The third kappa shape index (κ3) is 3.75. The normalized spacial score (nSPS) is 11.3. The quantitative estimate of drug-likeness (QED) is 0.906. The Hall–Kier alpha value is -1.99. The molecule has 0 aliphatic carbocycles. The van der Waals surface area contributed by atoms with Gasteiger partial charge in [0.25, 0.3) is 0 Å². The van der Waals surface area contributed by atoms with Crippen LogP contribution in [0.3, 0.4) is 0 Å². The summed E-state index contributed by atoms with van der Waals surface area (Å²) in [5.74, 6) is -0.766. The lowest BCUT2D eigenvalue weighted by atomic mass is 10.2. The first-order valence-electron chi connectivity index (χ1n) is 5.81. The lowest BCUT2D eigenvalue weighted by Gasteiger charge is -2.08. The number of halogens is 1. The summed E-state index contributed by atoms with van der Waals surface area (Å²) in [5.41, 5.74) is 1.02. The number of benzene rings is 1. The summed E-state index contributed by atoms with van der Waals surface area (Å²) < 4.78 is 41.0. The molecule has 1 aromatic carbocycles. The summed E-state index contributed by atoms with van der Waals surface area (Å²) in [6, 6.07) is 6.98. The minimum Gasteiger partial charge on any atom is -0.490 e. The molecule has 0 spiro atoms. The Bertz CT molecular complexity index is 690. The fourth-order valence-corrected chi connectivity index (χ4v) is 2.13. The van der Waals surface area contributed by atoms with Crippen LogP contribution < -0.4 is 9.88 Å². The van der Waals surface area contributed by atoms with Crippen molar-refractivity contribution in [3.63, 3.8) is 0 Å². The first-order valence-corrected chi connectivity index (χ1v) is 7.35. The Balaban J connectivity index is 2.00. The number of primary sulfonamides is 1. The molecule has 1 heterocycles. The molecule has 0 atom stereocenters. The maximum absolute atomic E-state index is 13.7. The molecule has 0 fully saturated rings. The zero-order chi connectivity index (χ0) is 14.6. The maximum atomic E-state index is 13.7. The average Bonchev–Trinajstić information content (AvgIpc) is 2.40. The Morgan fingerprint density at radius 3 is 2.50 bits per heavy atom. The molecule has 0 aliphatic heterocycles. The fourth-order valence-electron chi connectivity index (χ4n) is 1.60. The van der Waals surface area contributed by atoms with Crippen LogP contribution in [-0.4, -0.2) is 20.0 Å². The van der Waals surface area contributed by atoms with E-state index in [9.17, 15) is 12.8 Å². The summed E-state index contributed by atoms with van der Waals surface area (Å²) in [4.78, 5) is 3.61. The summed E-state index contributed by atoms with van der Waals surface area (Å²) in [5, 5.41) is 4.91. The average molecular weight is 296 g/mol. The van der Waals surface area contributed by atoms with Gasteiger partial charge >= 0.3 is 0 Å². The van der Waals surface area contributed by atoms with E-state index in [0.717, 1.165) is 11.6 Å². The lowest BCUT2D eigenvalue weighted by molar-refractivity contribution is 0.305. The Morgan fingerprint density at radius 2 is 1.90 bits per heavy atom. The van der Waals surface area contributed by atoms with E-state index in [1.807, 2.05) is 12.1 Å². The summed E-state index contributed by atoms with van der Waals surface area (Å²) in [7, 11) is -3.91. The monoisotopic (exact) mass is 296 g/mol. The van der Waals surface area contributed by atoms with Crippen molar-refractivity contribution < 1.29 is 17.5 Å². The van der Waals surface area contributed by atoms with Crippen molar-refractivity contribution in [1.82, 2.24) is 4.98 Å². The van der Waals surface area contributed by atoms with Crippen LogP contribution in [0, 0.1) is 5.82 Å². The number of nitrogens with two attached hydrogens (primary N) is 1. The number of pyridine rings is 1. The van der Waals surface area contributed by atoms with Gasteiger partial charge in [-0.2, -0.15) is 0 Å². The molecule has 7 heteroatoms. The van der Waals surface area contributed by atoms with Gasteiger partial charge in [-0.15, -0.1) is 0 Å². The molecule has 0 amide bonds. The molecule has 2 rings (SSSR count). The van der Waals surface area contributed by atoms with Crippen molar-refractivity contribution in [3.8, 4) is 5.75 Å².